The first-order chi connectivity index (χ1) is 39.7. The second-order valence-electron chi connectivity index (χ2n) is 26.3. The van der Waals surface area contributed by atoms with E-state index in [0.717, 1.165) is 9.80 Å². The lowest BCUT2D eigenvalue weighted by Gasteiger charge is -2.40. The van der Waals surface area contributed by atoms with E-state index in [4.69, 9.17) is 0 Å². The van der Waals surface area contributed by atoms with Gasteiger partial charge in [-0.15, -0.1) is 0 Å². The fourth-order valence-electron chi connectivity index (χ4n) is 10.3. The molecule has 0 bridgehead atoms. The fraction of sp³-hybridized carbons (Fsp3) is 0.794. The highest BCUT2D eigenvalue weighted by Gasteiger charge is 2.44. The lowest BCUT2D eigenvalue weighted by atomic mass is 9.91. The second-order valence-corrected chi connectivity index (χ2v) is 26.3. The van der Waals surface area contributed by atoms with Gasteiger partial charge >= 0.3 is 0 Å². The molecule has 5 N–H and O–H groups in total. The number of nitrogens with zero attached hydrogens (tertiary/aromatic N) is 7. The Labute approximate surface area is 516 Å². The smallest absolute Gasteiger partial charge is 0.246 e. The van der Waals surface area contributed by atoms with Gasteiger partial charge in [-0.2, -0.15) is 0 Å². The van der Waals surface area contributed by atoms with Gasteiger partial charge in [0.2, 0.25) is 59.1 Å². The lowest BCUT2D eigenvalue weighted by molar-refractivity contribution is -0.155. The third kappa shape index (κ3) is 24.3. The van der Waals surface area contributed by atoms with Crippen molar-refractivity contribution in [2.75, 3.05) is 62.9 Å². The molecule has 23 nitrogen and oxygen atoms in total. The Kier molecular flexibility index (Phi) is 35.0. The van der Waals surface area contributed by atoms with Gasteiger partial charge in [0, 0.05) is 42.3 Å². The maximum Gasteiger partial charge on any atom is 0.246 e. The Morgan fingerprint density at radius 3 is 1.37 bits per heavy atom. The predicted molar refractivity (Wildman–Crippen MR) is 335 cm³/mol. The summed E-state index contributed by atoms with van der Waals surface area (Å²) in [5.41, 5.74) is 0. The third-order valence-electron chi connectivity index (χ3n) is 15.8. The van der Waals surface area contributed by atoms with Crippen molar-refractivity contribution < 1.29 is 57.8 Å². The summed E-state index contributed by atoms with van der Waals surface area (Å²) in [4.78, 5) is 162. The molecule has 86 heavy (non-hydrogen) atoms. The minimum Gasteiger partial charge on any atom is -0.390 e. The number of allylic oxidation sites excluding steroid dienone is 2. The first-order valence-electron chi connectivity index (χ1n) is 30.9. The zero-order valence-corrected chi connectivity index (χ0v) is 57.1. The van der Waals surface area contributed by atoms with Crippen molar-refractivity contribution in [3.63, 3.8) is 0 Å². The second kappa shape index (κ2) is 37.7. The van der Waals surface area contributed by atoms with Crippen LogP contribution in [0.1, 0.15) is 156 Å². The number of amides is 10. The van der Waals surface area contributed by atoms with Crippen LogP contribution < -0.4 is 21.3 Å². The highest BCUT2D eigenvalue weighted by molar-refractivity contribution is 5.98. The van der Waals surface area contributed by atoms with Crippen LogP contribution in [0.15, 0.2) is 12.2 Å². The van der Waals surface area contributed by atoms with Crippen molar-refractivity contribution in [3.8, 4) is 0 Å². The highest BCUT2D eigenvalue weighted by atomic mass is 16.3. The number of likely N-dealkylation sites (N-methyl/N-ethyl adjacent to an activating group) is 7. The molecule has 0 rings (SSSR count). The molecule has 0 aromatic carbocycles. The van der Waals surface area contributed by atoms with E-state index in [1.54, 1.807) is 68.8 Å². The Bertz CT molecular complexity index is 2270. The summed E-state index contributed by atoms with van der Waals surface area (Å²) in [6.07, 6.45) is 4.64. The molecule has 0 saturated carbocycles. The van der Waals surface area contributed by atoms with Gasteiger partial charge in [-0.05, 0) is 115 Å². The van der Waals surface area contributed by atoms with Crippen molar-refractivity contribution in [2.24, 2.45) is 41.4 Å². The average Bonchev–Trinajstić information content (AvgIpc) is 2.35. The molecule has 23 heteroatoms. The molecule has 0 aromatic rings. The van der Waals surface area contributed by atoms with Crippen LogP contribution in [-0.2, 0) is 52.7 Å². The standard InChI is InChI=1S/C63H115N11O12/c1-26-28-29-42(15)54(77)53(74(25)63(86)52(41(13)14)73(24)61(84)49(68(18)19)33-39(9)10)58(81)66-46(27-2)60(83)69(20)34-50(76)71(22)47(31-37(5)6)57(80)67-51(40(11)12)62(85)72(23)48(32-38(7)8)56(79)64-43(16)55(78)65-44(17)59(82)70(21)45(35-75)30-36(3)4/h26,28,35-49,51-54,77H,27,29-34H2,1-25H3,(H,64,79)(H,65,78)(H,66,81)(H,67,80)/b28-26+/t42-,43+,44-,45+,46+,47+,48+,49+,51+,52?,53+,54-/m1/s1. The van der Waals surface area contributed by atoms with E-state index in [2.05, 4.69) is 21.3 Å². The zero-order chi connectivity index (χ0) is 67.1. The number of hydrogen-bond acceptors (Lipinski definition) is 13. The van der Waals surface area contributed by atoms with Crippen LogP contribution >= 0.6 is 0 Å². The van der Waals surface area contributed by atoms with Crippen molar-refractivity contribution >= 4 is 65.4 Å². The van der Waals surface area contributed by atoms with E-state index in [9.17, 15) is 57.8 Å². The SMILES string of the molecule is C/C=C/C[C@@H](C)[C@@H](O)[C@@H](C(=O)N[C@@H](CC)C(=O)N(C)CC(=O)N(C)[C@@H](CC(C)C)C(=O)N[C@H](C(=O)N(C)[C@@H](CC(C)C)C(=O)N[C@@H](C)C(=O)N[C@H](C)C(=O)N(C)[C@H](C=O)CC(C)C)C(C)C)N(C)C(=O)C(C(C)C)N(C)C(=O)[C@H](CC(C)C)N(C)C. The first kappa shape index (κ1) is 80.0. The normalized spacial score (nSPS) is 16.1. The van der Waals surface area contributed by atoms with Crippen LogP contribution in [0, 0.1) is 41.4 Å². The van der Waals surface area contributed by atoms with Crippen LogP contribution in [0.25, 0.3) is 0 Å². The molecule has 0 aliphatic heterocycles. The monoisotopic (exact) mass is 1220 g/mol. The molecule has 1 unspecified atom stereocenters. The van der Waals surface area contributed by atoms with Crippen LogP contribution in [0.3, 0.4) is 0 Å². The van der Waals surface area contributed by atoms with Gasteiger partial charge in [0.05, 0.1) is 24.7 Å². The Morgan fingerprint density at radius 2 is 0.930 bits per heavy atom. The van der Waals surface area contributed by atoms with E-state index in [1.807, 2.05) is 73.3 Å². The molecular formula is C63H115N11O12. The van der Waals surface area contributed by atoms with Gasteiger partial charge in [0.1, 0.15) is 54.6 Å². The molecular weight excluding hydrogens is 1100 g/mol. The number of aliphatic hydroxyl groups excluding tert-OH is 1. The van der Waals surface area contributed by atoms with Gasteiger partial charge < -0.3 is 60.6 Å². The molecule has 10 amide bonds. The van der Waals surface area contributed by atoms with E-state index < -0.39 is 144 Å². The summed E-state index contributed by atoms with van der Waals surface area (Å²) in [6.45, 7) is 30.0. The number of carbonyl (C=O) groups excluding carboxylic acids is 11. The lowest BCUT2D eigenvalue weighted by Crippen LogP contribution is -2.63. The van der Waals surface area contributed by atoms with Crippen molar-refractivity contribution in [3.05, 3.63) is 12.2 Å². The highest BCUT2D eigenvalue weighted by Crippen LogP contribution is 2.24. The molecule has 0 radical (unpaired) electrons. The maximum atomic E-state index is 14.7. The Balaban J connectivity index is 6.74. The molecule has 0 aliphatic rings. The van der Waals surface area contributed by atoms with Crippen LogP contribution in [-0.4, -0.2) is 234 Å². The van der Waals surface area contributed by atoms with E-state index in [-0.39, 0.29) is 48.8 Å². The van der Waals surface area contributed by atoms with Crippen LogP contribution in [0.5, 0.6) is 0 Å². The van der Waals surface area contributed by atoms with Gasteiger partial charge in [0.25, 0.3) is 0 Å². The van der Waals surface area contributed by atoms with Crippen molar-refractivity contribution in [2.45, 2.75) is 223 Å². The summed E-state index contributed by atoms with van der Waals surface area (Å²) >= 11 is 0. The first-order valence-corrected chi connectivity index (χ1v) is 30.9. The number of aldehydes is 1. The number of hydrogen-bond donors (Lipinski definition) is 5. The van der Waals surface area contributed by atoms with Crippen molar-refractivity contribution in [1.29, 1.82) is 0 Å². The summed E-state index contributed by atoms with van der Waals surface area (Å²) < 4.78 is 0. The number of carbonyl (C=O) groups is 11. The molecule has 494 valence electrons. The number of rotatable bonds is 37. The molecule has 0 heterocycles. The summed E-state index contributed by atoms with van der Waals surface area (Å²) in [5, 5.41) is 22.8. The quantitative estimate of drug-likeness (QED) is 0.0440. The minimum atomic E-state index is -1.51. The Morgan fingerprint density at radius 1 is 0.465 bits per heavy atom. The third-order valence-corrected chi connectivity index (χ3v) is 15.8. The summed E-state index contributed by atoms with van der Waals surface area (Å²) in [6, 6.07) is -10.6. The number of aliphatic hydroxyl groups is 1. The zero-order valence-electron chi connectivity index (χ0n) is 57.1. The average molecular weight is 1220 g/mol. The van der Waals surface area contributed by atoms with Gasteiger partial charge in [-0.25, -0.2) is 0 Å². The van der Waals surface area contributed by atoms with Gasteiger partial charge in [-0.3, -0.25) is 52.8 Å². The topological polar surface area (TPSA) is 279 Å². The van der Waals surface area contributed by atoms with Gasteiger partial charge in [-0.1, -0.05) is 109 Å². The van der Waals surface area contributed by atoms with Crippen molar-refractivity contribution in [1.82, 2.24) is 55.6 Å². The van der Waals surface area contributed by atoms with Crippen LogP contribution in [0.2, 0.25) is 0 Å². The Hall–Kier alpha value is -5.97. The molecule has 0 spiro atoms. The number of nitrogens with one attached hydrogen (secondary N) is 4. The largest absolute Gasteiger partial charge is 0.390 e. The van der Waals surface area contributed by atoms with Crippen LogP contribution in [0.4, 0.5) is 0 Å². The molecule has 0 fully saturated rings. The predicted octanol–water partition coefficient (Wildman–Crippen LogP) is 3.56. The van der Waals surface area contributed by atoms with E-state index in [0.29, 0.717) is 25.5 Å². The van der Waals surface area contributed by atoms with E-state index >= 15 is 0 Å². The summed E-state index contributed by atoms with van der Waals surface area (Å²) in [7, 11) is 12.3. The molecule has 0 saturated heterocycles. The molecule has 0 aliphatic carbocycles. The maximum absolute atomic E-state index is 14.7. The molecule has 12 atom stereocenters. The fourth-order valence-corrected chi connectivity index (χ4v) is 10.3. The minimum absolute atomic E-state index is 0.0511. The van der Waals surface area contributed by atoms with Gasteiger partial charge in [0.15, 0.2) is 0 Å². The summed E-state index contributed by atoms with van der Waals surface area (Å²) in [5.74, 6) is -7.44. The van der Waals surface area contributed by atoms with E-state index in [1.165, 1.54) is 68.7 Å². The molecule has 0 aromatic heterocycles.